The predicted molar refractivity (Wildman–Crippen MR) is 74.8 cm³/mol. The number of nitrogens with one attached hydrogen (secondary N) is 1. The van der Waals surface area contributed by atoms with E-state index in [-0.39, 0.29) is 15.7 Å². The van der Waals surface area contributed by atoms with Gasteiger partial charge in [0, 0.05) is 0 Å². The van der Waals surface area contributed by atoms with E-state index in [4.69, 9.17) is 29.6 Å². The molecule has 0 saturated heterocycles. The van der Waals surface area contributed by atoms with E-state index < -0.39 is 5.82 Å². The second-order valence-corrected chi connectivity index (χ2v) is 4.35. The summed E-state index contributed by atoms with van der Waals surface area (Å²) in [6, 6.07) is 9.78. The van der Waals surface area contributed by atoms with Crippen LogP contribution in [0.25, 0.3) is 0 Å². The Morgan fingerprint density at radius 1 is 1.28 bits per heavy atom. The van der Waals surface area contributed by atoms with Crippen LogP contribution in [0.5, 0.6) is 0 Å². The van der Waals surface area contributed by atoms with Crippen molar-refractivity contribution in [1.29, 1.82) is 0 Å². The molecule has 92 valence electrons. The number of hydrogen-bond donors (Lipinski definition) is 2. The van der Waals surface area contributed by atoms with Crippen LogP contribution in [0.1, 0.15) is 5.69 Å². The maximum atomic E-state index is 13.7. The lowest BCUT2D eigenvalue weighted by atomic mass is 10.3. The SMILES string of the molecule is NC(=S)c1cccc(Nc2cccc(Cl)c2F)n1. The largest absolute Gasteiger partial charge is 0.388 e. The summed E-state index contributed by atoms with van der Waals surface area (Å²) in [5, 5.41) is 2.87. The molecule has 0 atom stereocenters. The minimum atomic E-state index is -0.526. The number of aromatic nitrogens is 1. The van der Waals surface area contributed by atoms with Crippen LogP contribution in [-0.4, -0.2) is 9.97 Å². The van der Waals surface area contributed by atoms with Crippen molar-refractivity contribution in [3.8, 4) is 0 Å². The summed E-state index contributed by atoms with van der Waals surface area (Å²) in [6.07, 6.45) is 0. The van der Waals surface area contributed by atoms with Gasteiger partial charge in [0.2, 0.25) is 0 Å². The van der Waals surface area contributed by atoms with Crippen LogP contribution in [0, 0.1) is 5.82 Å². The first-order valence-electron chi connectivity index (χ1n) is 5.06. The van der Waals surface area contributed by atoms with E-state index in [1.807, 2.05) is 0 Å². The molecule has 2 aromatic rings. The third kappa shape index (κ3) is 2.75. The summed E-state index contributed by atoms with van der Waals surface area (Å²) in [5.41, 5.74) is 6.19. The minimum Gasteiger partial charge on any atom is -0.388 e. The average molecular weight is 282 g/mol. The summed E-state index contributed by atoms with van der Waals surface area (Å²) < 4.78 is 13.7. The highest BCUT2D eigenvalue weighted by Gasteiger charge is 2.07. The molecule has 1 aromatic heterocycles. The van der Waals surface area contributed by atoms with Gasteiger partial charge < -0.3 is 11.1 Å². The van der Waals surface area contributed by atoms with Gasteiger partial charge in [-0.2, -0.15) is 0 Å². The summed E-state index contributed by atoms with van der Waals surface area (Å²) in [6.45, 7) is 0. The molecular weight excluding hydrogens is 273 g/mol. The first-order valence-corrected chi connectivity index (χ1v) is 5.84. The zero-order chi connectivity index (χ0) is 13.1. The van der Waals surface area contributed by atoms with Crippen LogP contribution in [0.15, 0.2) is 36.4 Å². The van der Waals surface area contributed by atoms with Gasteiger partial charge in [0.1, 0.15) is 10.8 Å². The molecule has 6 heteroatoms. The summed E-state index contributed by atoms with van der Waals surface area (Å²) >= 11 is 10.5. The third-order valence-electron chi connectivity index (χ3n) is 2.22. The number of benzene rings is 1. The third-order valence-corrected chi connectivity index (χ3v) is 2.72. The van der Waals surface area contributed by atoms with Gasteiger partial charge in [-0.3, -0.25) is 0 Å². The molecule has 1 heterocycles. The Balaban J connectivity index is 2.31. The first kappa shape index (κ1) is 12.7. The number of nitrogens with zero attached hydrogens (tertiary/aromatic N) is 1. The van der Waals surface area contributed by atoms with Gasteiger partial charge in [-0.15, -0.1) is 0 Å². The lowest BCUT2D eigenvalue weighted by Gasteiger charge is -2.08. The van der Waals surface area contributed by atoms with Gasteiger partial charge in [0.05, 0.1) is 16.4 Å². The van der Waals surface area contributed by atoms with Crippen molar-refractivity contribution in [3.05, 3.63) is 52.9 Å². The molecule has 18 heavy (non-hydrogen) atoms. The minimum absolute atomic E-state index is 0.0468. The van der Waals surface area contributed by atoms with E-state index in [2.05, 4.69) is 10.3 Å². The van der Waals surface area contributed by atoms with Crippen molar-refractivity contribution >= 4 is 40.3 Å². The normalized spacial score (nSPS) is 10.1. The maximum absolute atomic E-state index is 13.7. The Labute approximate surface area is 114 Å². The van der Waals surface area contributed by atoms with E-state index in [9.17, 15) is 4.39 Å². The quantitative estimate of drug-likeness (QED) is 0.848. The van der Waals surface area contributed by atoms with Crippen LogP contribution in [0.3, 0.4) is 0 Å². The molecule has 3 nitrogen and oxygen atoms in total. The highest BCUT2D eigenvalue weighted by molar-refractivity contribution is 7.80. The molecule has 3 N–H and O–H groups in total. The molecule has 1 aromatic carbocycles. The van der Waals surface area contributed by atoms with Crippen molar-refractivity contribution in [3.63, 3.8) is 0 Å². The molecule has 0 fully saturated rings. The highest BCUT2D eigenvalue weighted by atomic mass is 35.5. The topological polar surface area (TPSA) is 50.9 Å². The maximum Gasteiger partial charge on any atom is 0.165 e. The lowest BCUT2D eigenvalue weighted by Crippen LogP contribution is -2.12. The summed E-state index contributed by atoms with van der Waals surface area (Å²) in [5.74, 6) is -0.0804. The van der Waals surface area contributed by atoms with Crippen LogP contribution < -0.4 is 11.1 Å². The number of pyridine rings is 1. The van der Waals surface area contributed by atoms with Crippen molar-refractivity contribution in [2.24, 2.45) is 5.73 Å². The van der Waals surface area contributed by atoms with Gasteiger partial charge in [-0.1, -0.05) is 36.0 Å². The van der Waals surface area contributed by atoms with Crippen LogP contribution >= 0.6 is 23.8 Å². The van der Waals surface area contributed by atoms with Crippen molar-refractivity contribution < 1.29 is 4.39 Å². The Bertz CT molecular complexity index is 604. The zero-order valence-corrected chi connectivity index (χ0v) is 10.7. The van der Waals surface area contributed by atoms with E-state index in [0.29, 0.717) is 11.5 Å². The van der Waals surface area contributed by atoms with Gasteiger partial charge in [0.25, 0.3) is 0 Å². The number of halogens is 2. The fourth-order valence-electron chi connectivity index (χ4n) is 1.38. The van der Waals surface area contributed by atoms with E-state index >= 15 is 0 Å². The monoisotopic (exact) mass is 281 g/mol. The number of hydrogen-bond acceptors (Lipinski definition) is 3. The number of rotatable bonds is 3. The first-order chi connectivity index (χ1) is 8.58. The highest BCUT2D eigenvalue weighted by Crippen LogP contribution is 2.24. The van der Waals surface area contributed by atoms with Gasteiger partial charge >= 0.3 is 0 Å². The van der Waals surface area contributed by atoms with Crippen molar-refractivity contribution in [2.45, 2.75) is 0 Å². The molecule has 0 bridgehead atoms. The standard InChI is InChI=1S/C12H9ClFN3S/c13-7-3-1-4-8(11(7)14)16-10-6-2-5-9(17-10)12(15)18/h1-6H,(H2,15,18)(H,16,17). The van der Waals surface area contributed by atoms with Crippen molar-refractivity contribution in [1.82, 2.24) is 4.98 Å². The van der Waals surface area contributed by atoms with Crippen LogP contribution in [-0.2, 0) is 0 Å². The Kier molecular flexibility index (Phi) is 3.74. The van der Waals surface area contributed by atoms with E-state index in [1.165, 1.54) is 6.07 Å². The number of anilines is 2. The van der Waals surface area contributed by atoms with Gasteiger partial charge in [-0.25, -0.2) is 9.37 Å². The zero-order valence-electron chi connectivity index (χ0n) is 9.15. The van der Waals surface area contributed by atoms with Crippen molar-refractivity contribution in [2.75, 3.05) is 5.32 Å². The molecule has 0 aliphatic carbocycles. The molecule has 0 aliphatic rings. The lowest BCUT2D eigenvalue weighted by molar-refractivity contribution is 0.632. The fraction of sp³-hybridized carbons (Fsp3) is 0. The molecule has 0 amide bonds. The molecule has 0 saturated carbocycles. The summed E-state index contributed by atoms with van der Waals surface area (Å²) in [4.78, 5) is 4.34. The second kappa shape index (κ2) is 5.29. The molecule has 0 spiro atoms. The van der Waals surface area contributed by atoms with Gasteiger partial charge in [0.15, 0.2) is 5.82 Å². The predicted octanol–water partition coefficient (Wildman–Crippen LogP) is 3.25. The second-order valence-electron chi connectivity index (χ2n) is 3.50. The summed E-state index contributed by atoms with van der Waals surface area (Å²) in [7, 11) is 0. The van der Waals surface area contributed by atoms with E-state index in [0.717, 1.165) is 0 Å². The Morgan fingerprint density at radius 3 is 2.72 bits per heavy atom. The number of thiocarbonyl (C=S) groups is 1. The van der Waals surface area contributed by atoms with Crippen LogP contribution in [0.4, 0.5) is 15.9 Å². The molecule has 0 radical (unpaired) electrons. The Hall–Kier alpha value is -1.72. The van der Waals surface area contributed by atoms with E-state index in [1.54, 1.807) is 30.3 Å². The Morgan fingerprint density at radius 2 is 2.00 bits per heavy atom. The smallest absolute Gasteiger partial charge is 0.165 e. The molecule has 0 aliphatic heterocycles. The van der Waals surface area contributed by atoms with Gasteiger partial charge in [-0.05, 0) is 24.3 Å². The molecule has 0 unspecified atom stereocenters. The van der Waals surface area contributed by atoms with Crippen LogP contribution in [0.2, 0.25) is 5.02 Å². The average Bonchev–Trinajstić information content (AvgIpc) is 2.35. The fourth-order valence-corrected chi connectivity index (χ4v) is 1.67. The number of nitrogens with two attached hydrogens (primary N) is 1. The molecule has 2 rings (SSSR count). The molecular formula is C12H9ClFN3S.